The summed E-state index contributed by atoms with van der Waals surface area (Å²) in [6.07, 6.45) is 3.10. The number of carboxylic acid groups (broad SMARTS) is 1. The van der Waals surface area contributed by atoms with Crippen LogP contribution in [-0.2, 0) is 4.79 Å². The zero-order valence-corrected chi connectivity index (χ0v) is 5.76. The van der Waals surface area contributed by atoms with E-state index in [2.05, 4.69) is 0 Å². The van der Waals surface area contributed by atoms with E-state index in [1.165, 1.54) is 0 Å². The van der Waals surface area contributed by atoms with Gasteiger partial charge in [-0.1, -0.05) is 0 Å². The van der Waals surface area contributed by atoms with Crippen LogP contribution in [0.3, 0.4) is 0 Å². The maximum Gasteiger partial charge on any atom is 0.309 e. The molecular weight excluding hydrogens is 130 g/mol. The maximum atomic E-state index is 10.6. The summed E-state index contributed by atoms with van der Waals surface area (Å²) < 4.78 is 0. The summed E-state index contributed by atoms with van der Waals surface area (Å²) in [6, 6.07) is 0. The quantitative estimate of drug-likeness (QED) is 0.553. The van der Waals surface area contributed by atoms with Crippen LogP contribution in [0.15, 0.2) is 0 Å². The molecular formula is C7H11NO2. The van der Waals surface area contributed by atoms with Crippen molar-refractivity contribution >= 4 is 5.97 Å². The molecule has 3 saturated carbocycles. The maximum absolute atomic E-state index is 10.6. The summed E-state index contributed by atoms with van der Waals surface area (Å²) in [4.78, 5) is 10.6. The van der Waals surface area contributed by atoms with Gasteiger partial charge in [0.2, 0.25) is 0 Å². The number of aliphatic carboxylic acids is 1. The van der Waals surface area contributed by atoms with Gasteiger partial charge in [-0.25, -0.2) is 0 Å². The molecule has 0 aromatic heterocycles. The van der Waals surface area contributed by atoms with Gasteiger partial charge in [-0.2, -0.15) is 0 Å². The van der Waals surface area contributed by atoms with Crippen LogP contribution in [0.1, 0.15) is 25.7 Å². The highest BCUT2D eigenvalue weighted by Crippen LogP contribution is 2.60. The number of carbonyl (C=O) groups is 1. The first-order valence-electron chi connectivity index (χ1n) is 3.59. The van der Waals surface area contributed by atoms with Crippen LogP contribution in [-0.4, -0.2) is 16.6 Å². The number of rotatable bonds is 1. The molecule has 2 bridgehead atoms. The minimum absolute atomic E-state index is 0.0988. The number of hydrogen-bond donors (Lipinski definition) is 2. The molecule has 10 heavy (non-hydrogen) atoms. The van der Waals surface area contributed by atoms with Gasteiger partial charge in [0.1, 0.15) is 0 Å². The first-order valence-corrected chi connectivity index (χ1v) is 3.59. The van der Waals surface area contributed by atoms with Crippen LogP contribution in [0.2, 0.25) is 0 Å². The fraction of sp³-hybridized carbons (Fsp3) is 0.857. The molecule has 0 atom stereocenters. The van der Waals surface area contributed by atoms with Gasteiger partial charge in [0.25, 0.3) is 0 Å². The van der Waals surface area contributed by atoms with E-state index in [-0.39, 0.29) is 5.54 Å². The fourth-order valence-electron chi connectivity index (χ4n) is 2.40. The lowest BCUT2D eigenvalue weighted by Crippen LogP contribution is -2.53. The predicted molar refractivity (Wildman–Crippen MR) is 35.5 cm³/mol. The lowest BCUT2D eigenvalue weighted by Gasteiger charge is -2.41. The van der Waals surface area contributed by atoms with Crippen molar-refractivity contribution in [1.82, 2.24) is 0 Å². The Hall–Kier alpha value is -0.570. The van der Waals surface area contributed by atoms with Gasteiger partial charge in [-0.05, 0) is 25.7 Å². The number of hydrogen-bond acceptors (Lipinski definition) is 2. The summed E-state index contributed by atoms with van der Waals surface area (Å²) in [5.74, 6) is -0.647. The largest absolute Gasteiger partial charge is 0.481 e. The highest BCUT2D eigenvalue weighted by Gasteiger charge is 2.62. The summed E-state index contributed by atoms with van der Waals surface area (Å²) in [5, 5.41) is 8.77. The second kappa shape index (κ2) is 1.37. The topological polar surface area (TPSA) is 63.3 Å². The average molecular weight is 141 g/mol. The number of fused-ring (bicyclic) bond motifs is 1. The Morgan fingerprint density at radius 2 is 2.00 bits per heavy atom. The third-order valence-corrected chi connectivity index (χ3v) is 2.94. The molecule has 0 unspecified atom stereocenters. The Morgan fingerprint density at radius 1 is 1.40 bits per heavy atom. The number of nitrogens with two attached hydrogens (primary N) is 1. The van der Waals surface area contributed by atoms with E-state index in [0.29, 0.717) is 12.8 Å². The zero-order chi connectivity index (χ0) is 7.41. The first kappa shape index (κ1) is 6.16. The zero-order valence-electron chi connectivity index (χ0n) is 5.76. The van der Waals surface area contributed by atoms with Crippen molar-refractivity contribution in [3.63, 3.8) is 0 Å². The first-order chi connectivity index (χ1) is 4.56. The molecule has 3 nitrogen and oxygen atoms in total. The van der Waals surface area contributed by atoms with Crippen LogP contribution >= 0.6 is 0 Å². The summed E-state index contributed by atoms with van der Waals surface area (Å²) >= 11 is 0. The SMILES string of the molecule is NC12CCC(C(=O)O)(C1)C2. The molecule has 0 aliphatic heterocycles. The fourth-order valence-corrected chi connectivity index (χ4v) is 2.40. The van der Waals surface area contributed by atoms with Gasteiger partial charge in [0.15, 0.2) is 0 Å². The van der Waals surface area contributed by atoms with Gasteiger partial charge in [0.05, 0.1) is 5.41 Å². The lowest BCUT2D eigenvalue weighted by molar-refractivity contribution is -0.153. The standard InChI is InChI=1S/C7H11NO2/c8-7-2-1-6(3-7,4-7)5(9)10/h1-4,8H2,(H,9,10). The molecule has 0 amide bonds. The molecule has 3 heteroatoms. The normalized spacial score (nSPS) is 50.5. The highest BCUT2D eigenvalue weighted by atomic mass is 16.4. The van der Waals surface area contributed by atoms with Crippen LogP contribution < -0.4 is 5.73 Å². The van der Waals surface area contributed by atoms with E-state index in [9.17, 15) is 4.79 Å². The molecule has 3 aliphatic rings. The van der Waals surface area contributed by atoms with E-state index in [1.807, 2.05) is 0 Å². The van der Waals surface area contributed by atoms with Gasteiger partial charge in [0, 0.05) is 5.54 Å². The summed E-state index contributed by atoms with van der Waals surface area (Å²) in [5.41, 5.74) is 5.30. The van der Waals surface area contributed by atoms with Gasteiger partial charge in [-0.3, -0.25) is 4.79 Å². The van der Waals surface area contributed by atoms with E-state index < -0.39 is 11.4 Å². The predicted octanol–water partition coefficient (Wildman–Crippen LogP) is 0.342. The molecule has 56 valence electrons. The molecule has 0 radical (unpaired) electrons. The van der Waals surface area contributed by atoms with Crippen molar-refractivity contribution in [3.05, 3.63) is 0 Å². The Kier molecular flexibility index (Phi) is 0.844. The molecule has 3 rings (SSSR count). The van der Waals surface area contributed by atoms with Crippen LogP contribution in [0, 0.1) is 5.41 Å². The van der Waals surface area contributed by atoms with Gasteiger partial charge in [-0.15, -0.1) is 0 Å². The Bertz CT molecular complexity index is 194. The molecule has 0 aromatic carbocycles. The molecule has 3 N–H and O–H groups in total. The van der Waals surface area contributed by atoms with Crippen LogP contribution in [0.5, 0.6) is 0 Å². The lowest BCUT2D eigenvalue weighted by atomic mass is 9.66. The van der Waals surface area contributed by atoms with Crippen molar-refractivity contribution in [2.75, 3.05) is 0 Å². The minimum Gasteiger partial charge on any atom is -0.481 e. The van der Waals surface area contributed by atoms with E-state index >= 15 is 0 Å². The van der Waals surface area contributed by atoms with Crippen molar-refractivity contribution in [1.29, 1.82) is 0 Å². The Labute approximate surface area is 59.2 Å². The average Bonchev–Trinajstić information content (AvgIpc) is 2.19. The van der Waals surface area contributed by atoms with E-state index in [4.69, 9.17) is 10.8 Å². The van der Waals surface area contributed by atoms with Crippen LogP contribution in [0.25, 0.3) is 0 Å². The smallest absolute Gasteiger partial charge is 0.309 e. The summed E-state index contributed by atoms with van der Waals surface area (Å²) in [7, 11) is 0. The summed E-state index contributed by atoms with van der Waals surface area (Å²) in [6.45, 7) is 0. The Balaban J connectivity index is 2.20. The molecule has 0 saturated heterocycles. The van der Waals surface area contributed by atoms with Crippen LogP contribution in [0.4, 0.5) is 0 Å². The van der Waals surface area contributed by atoms with E-state index in [0.717, 1.165) is 12.8 Å². The molecule has 0 spiro atoms. The second-order valence-electron chi connectivity index (χ2n) is 3.80. The second-order valence-corrected chi connectivity index (χ2v) is 3.80. The van der Waals surface area contributed by atoms with E-state index in [1.54, 1.807) is 0 Å². The van der Waals surface area contributed by atoms with Crippen molar-refractivity contribution < 1.29 is 9.90 Å². The van der Waals surface area contributed by atoms with Gasteiger partial charge >= 0.3 is 5.97 Å². The van der Waals surface area contributed by atoms with Crippen molar-refractivity contribution in [2.24, 2.45) is 11.1 Å². The monoisotopic (exact) mass is 141 g/mol. The minimum atomic E-state index is -0.647. The van der Waals surface area contributed by atoms with Gasteiger partial charge < -0.3 is 10.8 Å². The molecule has 0 heterocycles. The molecule has 3 fully saturated rings. The Morgan fingerprint density at radius 3 is 2.20 bits per heavy atom. The molecule has 3 aliphatic carbocycles. The number of carboxylic acids is 1. The van der Waals surface area contributed by atoms with Crippen molar-refractivity contribution in [2.45, 2.75) is 31.2 Å². The third-order valence-electron chi connectivity index (χ3n) is 2.94. The molecule has 0 aromatic rings. The highest BCUT2D eigenvalue weighted by molar-refractivity contribution is 5.77. The van der Waals surface area contributed by atoms with Crippen molar-refractivity contribution in [3.8, 4) is 0 Å². The third kappa shape index (κ3) is 0.515.